The molecular weight excluding hydrogens is 412 g/mol. The Hall–Kier alpha value is -3.69. The number of aryl methyl sites for hydroxylation is 1. The lowest BCUT2D eigenvalue weighted by molar-refractivity contribution is 0.101. The lowest BCUT2D eigenvalue weighted by Crippen LogP contribution is -2.18. The normalized spacial score (nSPS) is 10.8. The number of nitrogens with one attached hydrogen (secondary N) is 2. The molecular formula is C24H21ClN4O2. The third-order valence-electron chi connectivity index (χ3n) is 4.84. The smallest absolute Gasteiger partial charge is 0.256 e. The molecule has 6 nitrogen and oxygen atoms in total. The molecule has 2 aromatic carbocycles. The van der Waals surface area contributed by atoms with Gasteiger partial charge in [0.25, 0.3) is 11.8 Å². The number of amides is 2. The zero-order chi connectivity index (χ0) is 22.6. The second-order valence-electron chi connectivity index (χ2n) is 7.61. The molecule has 156 valence electrons. The zero-order valence-corrected chi connectivity index (χ0v) is 18.1. The standard InChI is InChI=1S/C24H21ClN4O2/c1-15-6-8-17(12-19(15)23(31)29-18-5-4-10-27-13-18)28-22(30)16-7-9-21(25)20(11-16)24(2,3)14-26/h4-13H,1-3H3,(H,28,30)(H,29,31). The summed E-state index contributed by atoms with van der Waals surface area (Å²) in [5, 5.41) is 15.4. The molecule has 0 aliphatic rings. The van der Waals surface area contributed by atoms with Crippen LogP contribution >= 0.6 is 11.6 Å². The molecule has 3 aromatic rings. The molecule has 1 heterocycles. The quantitative estimate of drug-likeness (QED) is 0.568. The molecule has 0 aliphatic carbocycles. The lowest BCUT2D eigenvalue weighted by Gasteiger charge is -2.18. The Morgan fingerprint density at radius 1 is 1.03 bits per heavy atom. The van der Waals surface area contributed by atoms with E-state index >= 15 is 0 Å². The summed E-state index contributed by atoms with van der Waals surface area (Å²) in [6, 6.07) is 15.6. The third kappa shape index (κ3) is 5.08. The minimum Gasteiger partial charge on any atom is -0.322 e. The van der Waals surface area contributed by atoms with E-state index in [0.717, 1.165) is 5.56 Å². The predicted octanol–water partition coefficient (Wildman–Crippen LogP) is 5.35. The van der Waals surface area contributed by atoms with E-state index in [4.69, 9.17) is 11.6 Å². The van der Waals surface area contributed by atoms with Crippen LogP contribution in [-0.4, -0.2) is 16.8 Å². The lowest BCUT2D eigenvalue weighted by atomic mass is 9.85. The molecule has 0 spiro atoms. The second kappa shape index (κ2) is 8.99. The molecule has 31 heavy (non-hydrogen) atoms. The Morgan fingerprint density at radius 2 is 1.77 bits per heavy atom. The van der Waals surface area contributed by atoms with E-state index in [1.165, 1.54) is 0 Å². The predicted molar refractivity (Wildman–Crippen MR) is 121 cm³/mol. The number of nitriles is 1. The SMILES string of the molecule is Cc1ccc(NC(=O)c2ccc(Cl)c(C(C)(C)C#N)c2)cc1C(=O)Nc1cccnc1. The van der Waals surface area contributed by atoms with E-state index in [1.54, 1.807) is 74.8 Å². The number of carbonyl (C=O) groups is 2. The number of nitrogens with zero attached hydrogens (tertiary/aromatic N) is 2. The minimum atomic E-state index is -0.839. The van der Waals surface area contributed by atoms with Gasteiger partial charge in [0.05, 0.1) is 23.4 Å². The number of benzene rings is 2. The van der Waals surface area contributed by atoms with Crippen molar-refractivity contribution in [2.75, 3.05) is 10.6 Å². The number of pyridine rings is 1. The van der Waals surface area contributed by atoms with E-state index in [-0.39, 0.29) is 11.8 Å². The summed E-state index contributed by atoms with van der Waals surface area (Å²) in [5.74, 6) is -0.666. The molecule has 0 bridgehead atoms. The van der Waals surface area contributed by atoms with Crippen LogP contribution in [0.15, 0.2) is 60.9 Å². The van der Waals surface area contributed by atoms with Crippen LogP contribution in [0.2, 0.25) is 5.02 Å². The summed E-state index contributed by atoms with van der Waals surface area (Å²) in [4.78, 5) is 29.5. The van der Waals surface area contributed by atoms with Crippen LogP contribution in [0, 0.1) is 18.3 Å². The van der Waals surface area contributed by atoms with Crippen molar-refractivity contribution >= 4 is 34.8 Å². The van der Waals surface area contributed by atoms with E-state index < -0.39 is 5.41 Å². The Kier molecular flexibility index (Phi) is 6.38. The molecule has 7 heteroatoms. The van der Waals surface area contributed by atoms with Crippen LogP contribution in [0.3, 0.4) is 0 Å². The van der Waals surface area contributed by atoms with Crippen molar-refractivity contribution in [2.45, 2.75) is 26.2 Å². The maximum Gasteiger partial charge on any atom is 0.256 e. The Balaban J connectivity index is 1.83. The average molecular weight is 433 g/mol. The summed E-state index contributed by atoms with van der Waals surface area (Å²) in [6.07, 6.45) is 3.18. The molecule has 0 aliphatic heterocycles. The Bertz CT molecular complexity index is 1180. The molecule has 0 unspecified atom stereocenters. The number of aromatic nitrogens is 1. The molecule has 0 saturated heterocycles. The van der Waals surface area contributed by atoms with Gasteiger partial charge in [-0.15, -0.1) is 0 Å². The van der Waals surface area contributed by atoms with Gasteiger partial charge >= 0.3 is 0 Å². The van der Waals surface area contributed by atoms with Gasteiger partial charge in [-0.25, -0.2) is 0 Å². The summed E-state index contributed by atoms with van der Waals surface area (Å²) >= 11 is 6.23. The van der Waals surface area contributed by atoms with Gasteiger partial charge in [-0.2, -0.15) is 5.26 Å². The van der Waals surface area contributed by atoms with Crippen molar-refractivity contribution in [2.24, 2.45) is 0 Å². The number of carbonyl (C=O) groups excluding carboxylic acids is 2. The summed E-state index contributed by atoms with van der Waals surface area (Å²) in [7, 11) is 0. The maximum atomic E-state index is 12.8. The van der Waals surface area contributed by atoms with Crippen LogP contribution in [-0.2, 0) is 5.41 Å². The second-order valence-corrected chi connectivity index (χ2v) is 8.02. The summed E-state index contributed by atoms with van der Waals surface area (Å²) in [5.41, 5.74) is 2.36. The topological polar surface area (TPSA) is 94.9 Å². The Labute approximate surface area is 185 Å². The summed E-state index contributed by atoms with van der Waals surface area (Å²) in [6.45, 7) is 5.30. The highest BCUT2D eigenvalue weighted by Gasteiger charge is 2.24. The molecule has 3 rings (SSSR count). The fourth-order valence-electron chi connectivity index (χ4n) is 2.99. The first kappa shape index (κ1) is 22.0. The molecule has 0 atom stereocenters. The molecule has 0 fully saturated rings. The molecule has 0 radical (unpaired) electrons. The highest BCUT2D eigenvalue weighted by Crippen LogP contribution is 2.30. The van der Waals surface area contributed by atoms with Crippen LogP contribution in [0.4, 0.5) is 11.4 Å². The third-order valence-corrected chi connectivity index (χ3v) is 5.17. The van der Waals surface area contributed by atoms with Crippen LogP contribution in [0.1, 0.15) is 45.7 Å². The Morgan fingerprint density at radius 3 is 2.45 bits per heavy atom. The first-order valence-electron chi connectivity index (χ1n) is 9.56. The highest BCUT2D eigenvalue weighted by molar-refractivity contribution is 6.31. The number of halogens is 1. The van der Waals surface area contributed by atoms with Crippen molar-refractivity contribution in [3.8, 4) is 6.07 Å². The fraction of sp³-hybridized carbons (Fsp3) is 0.167. The van der Waals surface area contributed by atoms with Gasteiger partial charge < -0.3 is 10.6 Å². The first-order chi connectivity index (χ1) is 14.7. The van der Waals surface area contributed by atoms with Crippen molar-refractivity contribution in [1.82, 2.24) is 4.98 Å². The maximum absolute atomic E-state index is 12.8. The van der Waals surface area contributed by atoms with E-state index in [2.05, 4.69) is 21.7 Å². The van der Waals surface area contributed by atoms with Crippen molar-refractivity contribution in [3.05, 3.63) is 88.2 Å². The average Bonchev–Trinajstić information content (AvgIpc) is 2.75. The van der Waals surface area contributed by atoms with Gasteiger partial charge in [-0.05, 0) is 74.4 Å². The van der Waals surface area contributed by atoms with Crippen molar-refractivity contribution in [1.29, 1.82) is 5.26 Å². The van der Waals surface area contributed by atoms with Gasteiger partial charge in [0.15, 0.2) is 0 Å². The van der Waals surface area contributed by atoms with Crippen molar-refractivity contribution in [3.63, 3.8) is 0 Å². The summed E-state index contributed by atoms with van der Waals surface area (Å²) < 4.78 is 0. The van der Waals surface area contributed by atoms with Crippen LogP contribution in [0.25, 0.3) is 0 Å². The first-order valence-corrected chi connectivity index (χ1v) is 9.94. The van der Waals surface area contributed by atoms with Gasteiger partial charge in [0, 0.05) is 28.0 Å². The largest absolute Gasteiger partial charge is 0.322 e. The van der Waals surface area contributed by atoms with E-state index in [1.807, 2.05) is 6.92 Å². The van der Waals surface area contributed by atoms with Gasteiger partial charge in [-0.1, -0.05) is 17.7 Å². The van der Waals surface area contributed by atoms with Crippen molar-refractivity contribution < 1.29 is 9.59 Å². The van der Waals surface area contributed by atoms with Gasteiger partial charge in [0.1, 0.15) is 0 Å². The number of rotatable bonds is 5. The molecule has 2 N–H and O–H groups in total. The number of hydrogen-bond acceptors (Lipinski definition) is 4. The van der Waals surface area contributed by atoms with Crippen LogP contribution in [0.5, 0.6) is 0 Å². The molecule has 1 aromatic heterocycles. The molecule has 2 amide bonds. The highest BCUT2D eigenvalue weighted by atomic mass is 35.5. The van der Waals surface area contributed by atoms with Gasteiger partial charge in [-0.3, -0.25) is 14.6 Å². The minimum absolute atomic E-state index is 0.300. The number of anilines is 2. The number of hydrogen-bond donors (Lipinski definition) is 2. The monoisotopic (exact) mass is 432 g/mol. The zero-order valence-electron chi connectivity index (χ0n) is 17.4. The molecule has 0 saturated carbocycles. The fourth-order valence-corrected chi connectivity index (χ4v) is 3.34. The van der Waals surface area contributed by atoms with Crippen LogP contribution < -0.4 is 10.6 Å². The van der Waals surface area contributed by atoms with Gasteiger partial charge in [0.2, 0.25) is 0 Å². The van der Waals surface area contributed by atoms with E-state index in [9.17, 15) is 14.9 Å². The van der Waals surface area contributed by atoms with E-state index in [0.29, 0.717) is 33.1 Å².